The monoisotopic (exact) mass is 346 g/mol. The standard InChI is InChI=1S/C18H19ClN2O3/c1-11-3-8-15(17(23)9-11)21-18(24)10-16(20-12(2)22)13-4-6-14(19)7-5-13/h3-9,16,23H,10H2,1-2H3,(H,20,22)(H,21,24). The number of hydrogen-bond donors (Lipinski definition) is 3. The van der Waals surface area contributed by atoms with Crippen molar-refractivity contribution in [1.82, 2.24) is 5.32 Å². The molecule has 0 spiro atoms. The minimum atomic E-state index is -0.479. The Bertz CT molecular complexity index is 744. The molecule has 3 N–H and O–H groups in total. The lowest BCUT2D eigenvalue weighted by atomic mass is 10.0. The van der Waals surface area contributed by atoms with E-state index in [1.165, 1.54) is 6.92 Å². The van der Waals surface area contributed by atoms with Crippen LogP contribution in [0.1, 0.15) is 30.5 Å². The summed E-state index contributed by atoms with van der Waals surface area (Å²) in [6.45, 7) is 3.24. The molecule has 0 aliphatic carbocycles. The Morgan fingerprint density at radius 1 is 1.17 bits per heavy atom. The van der Waals surface area contributed by atoms with Crippen LogP contribution in [0.25, 0.3) is 0 Å². The van der Waals surface area contributed by atoms with Crippen LogP contribution < -0.4 is 10.6 Å². The molecule has 0 aromatic heterocycles. The van der Waals surface area contributed by atoms with Crippen molar-refractivity contribution in [3.63, 3.8) is 0 Å². The van der Waals surface area contributed by atoms with E-state index in [1.807, 2.05) is 6.92 Å². The van der Waals surface area contributed by atoms with Crippen molar-refractivity contribution in [1.29, 1.82) is 0 Å². The van der Waals surface area contributed by atoms with Gasteiger partial charge in [-0.25, -0.2) is 0 Å². The maximum atomic E-state index is 12.3. The van der Waals surface area contributed by atoms with E-state index in [4.69, 9.17) is 11.6 Å². The highest BCUT2D eigenvalue weighted by Crippen LogP contribution is 2.25. The molecule has 1 unspecified atom stereocenters. The van der Waals surface area contributed by atoms with E-state index >= 15 is 0 Å². The Labute approximate surface area is 145 Å². The van der Waals surface area contributed by atoms with E-state index in [0.29, 0.717) is 10.7 Å². The number of phenols is 1. The Hall–Kier alpha value is -2.53. The second kappa shape index (κ2) is 7.84. The number of benzene rings is 2. The van der Waals surface area contributed by atoms with Gasteiger partial charge in [0.15, 0.2) is 0 Å². The molecular weight excluding hydrogens is 328 g/mol. The molecule has 0 aliphatic heterocycles. The number of carbonyl (C=O) groups is 2. The number of aryl methyl sites for hydroxylation is 1. The lowest BCUT2D eigenvalue weighted by Crippen LogP contribution is -2.29. The van der Waals surface area contributed by atoms with Crippen LogP contribution in [0.15, 0.2) is 42.5 Å². The first-order chi connectivity index (χ1) is 11.3. The molecule has 2 aromatic rings. The van der Waals surface area contributed by atoms with Crippen LogP contribution in [0.5, 0.6) is 5.75 Å². The van der Waals surface area contributed by atoms with Gasteiger partial charge in [-0.2, -0.15) is 0 Å². The number of carbonyl (C=O) groups excluding carboxylic acids is 2. The number of phenolic OH excluding ortho intramolecular Hbond substituents is 1. The summed E-state index contributed by atoms with van der Waals surface area (Å²) in [6, 6.07) is 11.5. The van der Waals surface area contributed by atoms with Gasteiger partial charge in [-0.1, -0.05) is 29.8 Å². The molecule has 0 saturated carbocycles. The second-order valence-corrected chi connectivity index (χ2v) is 6.01. The van der Waals surface area contributed by atoms with Crippen LogP contribution in [-0.4, -0.2) is 16.9 Å². The average molecular weight is 347 g/mol. The van der Waals surface area contributed by atoms with Gasteiger partial charge >= 0.3 is 0 Å². The zero-order valence-electron chi connectivity index (χ0n) is 13.5. The summed E-state index contributed by atoms with van der Waals surface area (Å²) < 4.78 is 0. The number of halogens is 1. The molecule has 2 aromatic carbocycles. The fraction of sp³-hybridized carbons (Fsp3) is 0.222. The molecule has 0 heterocycles. The molecule has 24 heavy (non-hydrogen) atoms. The van der Waals surface area contributed by atoms with Crippen molar-refractivity contribution in [2.24, 2.45) is 0 Å². The van der Waals surface area contributed by atoms with Gasteiger partial charge < -0.3 is 15.7 Å². The van der Waals surface area contributed by atoms with Gasteiger partial charge in [-0.3, -0.25) is 9.59 Å². The lowest BCUT2D eigenvalue weighted by Gasteiger charge is -2.18. The van der Waals surface area contributed by atoms with Crippen molar-refractivity contribution in [2.45, 2.75) is 26.3 Å². The zero-order valence-corrected chi connectivity index (χ0v) is 14.2. The van der Waals surface area contributed by atoms with Gasteiger partial charge in [0, 0.05) is 11.9 Å². The van der Waals surface area contributed by atoms with Gasteiger partial charge in [-0.05, 0) is 42.3 Å². The molecule has 5 nitrogen and oxygen atoms in total. The number of rotatable bonds is 5. The summed E-state index contributed by atoms with van der Waals surface area (Å²) in [5.41, 5.74) is 2.00. The van der Waals surface area contributed by atoms with E-state index in [0.717, 1.165) is 11.1 Å². The SMILES string of the molecule is CC(=O)NC(CC(=O)Nc1ccc(C)cc1O)c1ccc(Cl)cc1. The van der Waals surface area contributed by atoms with Gasteiger partial charge in [0.1, 0.15) is 5.75 Å². The third-order valence-corrected chi connectivity index (χ3v) is 3.72. The Balaban J connectivity index is 2.12. The predicted molar refractivity (Wildman–Crippen MR) is 94.1 cm³/mol. The second-order valence-electron chi connectivity index (χ2n) is 5.58. The number of anilines is 1. The fourth-order valence-corrected chi connectivity index (χ4v) is 2.45. The first-order valence-corrected chi connectivity index (χ1v) is 7.85. The molecule has 2 amide bonds. The average Bonchev–Trinajstić information content (AvgIpc) is 2.50. The van der Waals surface area contributed by atoms with Crippen molar-refractivity contribution in [2.75, 3.05) is 5.32 Å². The van der Waals surface area contributed by atoms with Crippen LogP contribution in [0.3, 0.4) is 0 Å². The maximum absolute atomic E-state index is 12.3. The smallest absolute Gasteiger partial charge is 0.226 e. The molecule has 0 bridgehead atoms. The number of hydrogen-bond acceptors (Lipinski definition) is 3. The minimum Gasteiger partial charge on any atom is -0.506 e. The molecule has 0 fully saturated rings. The third-order valence-electron chi connectivity index (χ3n) is 3.47. The van der Waals surface area contributed by atoms with E-state index in [9.17, 15) is 14.7 Å². The lowest BCUT2D eigenvalue weighted by molar-refractivity contribution is -0.120. The minimum absolute atomic E-state index is 0.00548. The Morgan fingerprint density at radius 2 is 1.83 bits per heavy atom. The summed E-state index contributed by atoms with van der Waals surface area (Å²) in [5, 5.41) is 15.9. The molecule has 0 saturated heterocycles. The third kappa shape index (κ3) is 4.99. The largest absolute Gasteiger partial charge is 0.506 e. The predicted octanol–water partition coefficient (Wildman–Crippen LogP) is 3.56. The molecule has 0 radical (unpaired) electrons. The maximum Gasteiger partial charge on any atom is 0.226 e. The van der Waals surface area contributed by atoms with Crippen LogP contribution >= 0.6 is 11.6 Å². The van der Waals surface area contributed by atoms with Crippen molar-refractivity contribution in [3.05, 3.63) is 58.6 Å². The first-order valence-electron chi connectivity index (χ1n) is 7.47. The number of aromatic hydroxyl groups is 1. The number of amides is 2. The topological polar surface area (TPSA) is 78.4 Å². The fourth-order valence-electron chi connectivity index (χ4n) is 2.33. The molecule has 6 heteroatoms. The van der Waals surface area contributed by atoms with Crippen molar-refractivity contribution >= 4 is 29.1 Å². The normalized spacial score (nSPS) is 11.6. The quantitative estimate of drug-likeness (QED) is 0.724. The Morgan fingerprint density at radius 3 is 2.42 bits per heavy atom. The van der Waals surface area contributed by atoms with E-state index in [-0.39, 0.29) is 24.0 Å². The summed E-state index contributed by atoms with van der Waals surface area (Å²) in [5.74, 6) is -0.547. The highest BCUT2D eigenvalue weighted by Gasteiger charge is 2.18. The molecule has 0 aliphatic rings. The summed E-state index contributed by atoms with van der Waals surface area (Å²) in [7, 11) is 0. The highest BCUT2D eigenvalue weighted by atomic mass is 35.5. The van der Waals surface area contributed by atoms with Crippen LogP contribution in [0, 0.1) is 6.92 Å². The Kier molecular flexibility index (Phi) is 5.82. The van der Waals surface area contributed by atoms with E-state index in [2.05, 4.69) is 10.6 Å². The number of nitrogens with one attached hydrogen (secondary N) is 2. The molecule has 1 atom stereocenters. The van der Waals surface area contributed by atoms with Gasteiger partial charge in [0.25, 0.3) is 0 Å². The summed E-state index contributed by atoms with van der Waals surface area (Å²) in [6.07, 6.45) is 0.0362. The van der Waals surface area contributed by atoms with Gasteiger partial charge in [-0.15, -0.1) is 0 Å². The van der Waals surface area contributed by atoms with E-state index < -0.39 is 6.04 Å². The van der Waals surface area contributed by atoms with Gasteiger partial charge in [0.05, 0.1) is 18.2 Å². The summed E-state index contributed by atoms with van der Waals surface area (Å²) in [4.78, 5) is 23.7. The van der Waals surface area contributed by atoms with Gasteiger partial charge in [0.2, 0.25) is 11.8 Å². The van der Waals surface area contributed by atoms with Crippen LogP contribution in [-0.2, 0) is 9.59 Å². The van der Waals surface area contributed by atoms with Crippen molar-refractivity contribution in [3.8, 4) is 5.75 Å². The molecule has 126 valence electrons. The first kappa shape index (κ1) is 17.8. The summed E-state index contributed by atoms with van der Waals surface area (Å²) >= 11 is 5.87. The molecule has 2 rings (SSSR count). The van der Waals surface area contributed by atoms with E-state index in [1.54, 1.807) is 42.5 Å². The highest BCUT2D eigenvalue weighted by molar-refractivity contribution is 6.30. The zero-order chi connectivity index (χ0) is 17.7. The molecular formula is C18H19ClN2O3. The van der Waals surface area contributed by atoms with Crippen molar-refractivity contribution < 1.29 is 14.7 Å². The van der Waals surface area contributed by atoms with Crippen LogP contribution in [0.2, 0.25) is 5.02 Å². The van der Waals surface area contributed by atoms with Crippen LogP contribution in [0.4, 0.5) is 5.69 Å².